The molecule has 0 radical (unpaired) electrons. The molecule has 0 saturated carbocycles. The van der Waals surface area contributed by atoms with Crippen LogP contribution in [0.2, 0.25) is 0 Å². The van der Waals surface area contributed by atoms with Crippen LogP contribution in [-0.2, 0) is 0 Å². The van der Waals surface area contributed by atoms with Crippen LogP contribution in [0.4, 0.5) is 0 Å². The number of aromatic nitrogens is 1. The summed E-state index contributed by atoms with van der Waals surface area (Å²) in [6.07, 6.45) is 1.62. The van der Waals surface area contributed by atoms with Crippen LogP contribution in [0, 0.1) is 0 Å². The molecule has 0 atom stereocenters. The summed E-state index contributed by atoms with van der Waals surface area (Å²) in [5.41, 5.74) is -0.0456. The molecule has 0 aliphatic heterocycles. The number of nitrogens with zero attached hydrogens (tertiary/aromatic N) is 1. The summed E-state index contributed by atoms with van der Waals surface area (Å²) in [5, 5.41) is 2.95. The molecule has 0 saturated heterocycles. The summed E-state index contributed by atoms with van der Waals surface area (Å²) in [4.78, 5) is 15.8. The van der Waals surface area contributed by atoms with Crippen LogP contribution in [-0.4, -0.2) is 23.4 Å². The number of rotatable bonds is 3. The quantitative estimate of drug-likeness (QED) is 0.708. The van der Waals surface area contributed by atoms with Gasteiger partial charge in [0, 0.05) is 6.20 Å². The Morgan fingerprint density at radius 2 is 2.15 bits per heavy atom. The van der Waals surface area contributed by atoms with E-state index in [1.54, 1.807) is 25.4 Å². The van der Waals surface area contributed by atoms with Crippen molar-refractivity contribution in [2.24, 2.45) is 0 Å². The molecule has 0 aromatic carbocycles. The van der Waals surface area contributed by atoms with Gasteiger partial charge in [0.25, 0.3) is 0 Å². The first-order valence-corrected chi connectivity index (χ1v) is 4.22. The van der Waals surface area contributed by atoms with Gasteiger partial charge in [0.1, 0.15) is 5.69 Å². The molecular formula is C10H14N2O. The van der Waals surface area contributed by atoms with E-state index >= 15 is 0 Å². The Bertz CT molecular complexity index is 293. The van der Waals surface area contributed by atoms with Crippen LogP contribution in [0.3, 0.4) is 0 Å². The van der Waals surface area contributed by atoms with E-state index in [1.165, 1.54) is 0 Å². The normalized spacial score (nSPS) is 11.3. The molecule has 13 heavy (non-hydrogen) atoms. The Kier molecular flexibility index (Phi) is 2.78. The van der Waals surface area contributed by atoms with Gasteiger partial charge in [0.15, 0.2) is 0 Å². The molecule has 1 aromatic rings. The van der Waals surface area contributed by atoms with Crippen LogP contribution in [0.25, 0.3) is 0 Å². The highest BCUT2D eigenvalue weighted by Gasteiger charge is 2.26. The molecule has 0 aliphatic rings. The van der Waals surface area contributed by atoms with Gasteiger partial charge in [-0.1, -0.05) is 6.07 Å². The van der Waals surface area contributed by atoms with E-state index in [2.05, 4.69) is 10.3 Å². The smallest absolute Gasteiger partial charge is 0.200 e. The molecule has 0 unspecified atom stereocenters. The second kappa shape index (κ2) is 3.66. The number of ketones is 1. The maximum absolute atomic E-state index is 11.8. The fourth-order valence-corrected chi connectivity index (χ4v) is 0.931. The Morgan fingerprint density at radius 1 is 1.46 bits per heavy atom. The summed E-state index contributed by atoms with van der Waals surface area (Å²) in [5.74, 6) is 0.00981. The number of pyridine rings is 1. The topological polar surface area (TPSA) is 42.0 Å². The molecule has 3 nitrogen and oxygen atoms in total. The first-order chi connectivity index (χ1) is 6.08. The fraction of sp³-hybridized carbons (Fsp3) is 0.400. The van der Waals surface area contributed by atoms with E-state index in [9.17, 15) is 4.79 Å². The molecule has 1 N–H and O–H groups in total. The third kappa shape index (κ3) is 2.12. The van der Waals surface area contributed by atoms with Crippen LogP contribution >= 0.6 is 0 Å². The van der Waals surface area contributed by atoms with Crippen molar-refractivity contribution >= 4 is 5.78 Å². The third-order valence-electron chi connectivity index (χ3n) is 2.09. The van der Waals surface area contributed by atoms with Crippen LogP contribution in [0.15, 0.2) is 24.4 Å². The molecule has 1 aromatic heterocycles. The molecule has 1 rings (SSSR count). The molecule has 0 fully saturated rings. The average Bonchev–Trinajstić information content (AvgIpc) is 2.18. The summed E-state index contributed by atoms with van der Waals surface area (Å²) in [6.45, 7) is 3.67. The molecule has 70 valence electrons. The van der Waals surface area contributed by atoms with Gasteiger partial charge >= 0.3 is 0 Å². The largest absolute Gasteiger partial charge is 0.308 e. The summed E-state index contributed by atoms with van der Waals surface area (Å²) in [7, 11) is 1.76. The lowest BCUT2D eigenvalue weighted by atomic mass is 9.97. The van der Waals surface area contributed by atoms with E-state index in [4.69, 9.17) is 0 Å². The molecular weight excluding hydrogens is 164 g/mol. The number of carbonyl (C=O) groups excluding carboxylic acids is 1. The summed E-state index contributed by atoms with van der Waals surface area (Å²) >= 11 is 0. The number of hydrogen-bond donors (Lipinski definition) is 1. The van der Waals surface area contributed by atoms with Gasteiger partial charge in [-0.05, 0) is 33.0 Å². The Morgan fingerprint density at radius 3 is 2.62 bits per heavy atom. The number of carbonyl (C=O) groups is 1. The molecule has 0 aliphatic carbocycles. The van der Waals surface area contributed by atoms with Gasteiger partial charge in [-0.25, -0.2) is 0 Å². The summed E-state index contributed by atoms with van der Waals surface area (Å²) in [6, 6.07) is 5.33. The van der Waals surface area contributed by atoms with E-state index in [-0.39, 0.29) is 5.78 Å². The lowest BCUT2D eigenvalue weighted by Crippen LogP contribution is -2.44. The average molecular weight is 178 g/mol. The SMILES string of the molecule is CNC(C)(C)C(=O)c1ccccn1. The molecule has 0 amide bonds. The van der Waals surface area contributed by atoms with Crippen molar-refractivity contribution in [1.29, 1.82) is 0 Å². The zero-order valence-electron chi connectivity index (χ0n) is 8.16. The monoisotopic (exact) mass is 178 g/mol. The van der Waals surface area contributed by atoms with Gasteiger partial charge in [-0.2, -0.15) is 0 Å². The van der Waals surface area contributed by atoms with Crippen molar-refractivity contribution in [2.75, 3.05) is 7.05 Å². The van der Waals surface area contributed by atoms with E-state index in [0.717, 1.165) is 0 Å². The Labute approximate surface area is 78.2 Å². The minimum absolute atomic E-state index is 0.00981. The van der Waals surface area contributed by atoms with Gasteiger partial charge in [-0.3, -0.25) is 9.78 Å². The van der Waals surface area contributed by atoms with Crippen molar-refractivity contribution in [3.05, 3.63) is 30.1 Å². The Balaban J connectivity index is 2.93. The zero-order valence-corrected chi connectivity index (χ0v) is 8.16. The minimum Gasteiger partial charge on any atom is -0.308 e. The van der Waals surface area contributed by atoms with Gasteiger partial charge < -0.3 is 5.32 Å². The van der Waals surface area contributed by atoms with Gasteiger partial charge in [0.2, 0.25) is 5.78 Å². The maximum Gasteiger partial charge on any atom is 0.200 e. The number of likely N-dealkylation sites (N-methyl/N-ethyl adjacent to an activating group) is 1. The minimum atomic E-state index is -0.547. The predicted octanol–water partition coefficient (Wildman–Crippen LogP) is 1.26. The van der Waals surface area contributed by atoms with Gasteiger partial charge in [0.05, 0.1) is 5.54 Å². The zero-order chi connectivity index (χ0) is 9.90. The van der Waals surface area contributed by atoms with Gasteiger partial charge in [-0.15, -0.1) is 0 Å². The van der Waals surface area contributed by atoms with Crippen molar-refractivity contribution in [3.8, 4) is 0 Å². The molecule has 0 spiro atoms. The van der Waals surface area contributed by atoms with Crippen LogP contribution < -0.4 is 5.32 Å². The highest BCUT2D eigenvalue weighted by atomic mass is 16.1. The lowest BCUT2D eigenvalue weighted by molar-refractivity contribution is 0.0884. The Hall–Kier alpha value is -1.22. The second-order valence-electron chi connectivity index (χ2n) is 3.42. The second-order valence-corrected chi connectivity index (χ2v) is 3.42. The number of hydrogen-bond acceptors (Lipinski definition) is 3. The molecule has 1 heterocycles. The van der Waals surface area contributed by atoms with E-state index in [1.807, 2.05) is 19.9 Å². The van der Waals surface area contributed by atoms with E-state index < -0.39 is 5.54 Å². The van der Waals surface area contributed by atoms with Crippen molar-refractivity contribution in [1.82, 2.24) is 10.3 Å². The van der Waals surface area contributed by atoms with E-state index in [0.29, 0.717) is 5.69 Å². The summed E-state index contributed by atoms with van der Waals surface area (Å²) < 4.78 is 0. The van der Waals surface area contributed by atoms with Crippen LogP contribution in [0.1, 0.15) is 24.3 Å². The molecule has 3 heteroatoms. The lowest BCUT2D eigenvalue weighted by Gasteiger charge is -2.21. The fourth-order valence-electron chi connectivity index (χ4n) is 0.931. The molecule has 0 bridgehead atoms. The van der Waals surface area contributed by atoms with Crippen molar-refractivity contribution < 1.29 is 4.79 Å². The third-order valence-corrected chi connectivity index (χ3v) is 2.09. The van der Waals surface area contributed by atoms with Crippen LogP contribution in [0.5, 0.6) is 0 Å². The highest BCUT2D eigenvalue weighted by molar-refractivity contribution is 6.01. The first-order valence-electron chi connectivity index (χ1n) is 4.22. The van der Waals surface area contributed by atoms with Crippen molar-refractivity contribution in [2.45, 2.75) is 19.4 Å². The predicted molar refractivity (Wildman–Crippen MR) is 51.7 cm³/mol. The number of nitrogens with one attached hydrogen (secondary N) is 1. The number of Topliss-reactive ketones (excluding diaryl/α,β-unsaturated/α-hetero) is 1. The highest BCUT2D eigenvalue weighted by Crippen LogP contribution is 2.09. The van der Waals surface area contributed by atoms with Crippen molar-refractivity contribution in [3.63, 3.8) is 0 Å². The first kappa shape index (κ1) is 9.86. The maximum atomic E-state index is 11.8. The standard InChI is InChI=1S/C10H14N2O/c1-10(2,11-3)9(13)8-6-4-5-7-12-8/h4-7,11H,1-3H3.